The number of nitrogens with zero attached hydrogens (tertiary/aromatic N) is 2. The summed E-state index contributed by atoms with van der Waals surface area (Å²) in [4.78, 5) is 24.1. The number of fused-ring (bicyclic) bond motifs is 1. The average Bonchev–Trinajstić information content (AvgIpc) is 3.23. The lowest BCUT2D eigenvalue weighted by Crippen LogP contribution is -2.25. The molecule has 2 N–H and O–H groups in total. The maximum absolute atomic E-state index is 12.5. The molecule has 0 unspecified atom stereocenters. The van der Waals surface area contributed by atoms with Crippen LogP contribution in [-0.2, 0) is 4.79 Å². The highest BCUT2D eigenvalue weighted by molar-refractivity contribution is 5.92. The van der Waals surface area contributed by atoms with Crippen molar-refractivity contribution in [1.82, 2.24) is 15.0 Å². The molecule has 5 rings (SSSR count). The minimum atomic E-state index is 0.0395. The summed E-state index contributed by atoms with van der Waals surface area (Å²) in [5.74, 6) is 1.57. The first-order valence-electron chi connectivity index (χ1n) is 10.8. The lowest BCUT2D eigenvalue weighted by Gasteiger charge is -2.23. The SMILES string of the molecule is O=C(Nc1cccnc1)C1CCC(=Cc2cccc(Oc3cc4cccnc4[nH]3)c2)CC1. The molecule has 0 bridgehead atoms. The van der Waals surface area contributed by atoms with Gasteiger partial charge in [-0.1, -0.05) is 23.8 Å². The van der Waals surface area contributed by atoms with Gasteiger partial charge in [0, 0.05) is 29.8 Å². The molecule has 0 aliphatic heterocycles. The number of aromatic amines is 1. The molecule has 3 heterocycles. The summed E-state index contributed by atoms with van der Waals surface area (Å²) in [6.07, 6.45) is 10.9. The van der Waals surface area contributed by atoms with Gasteiger partial charge in [-0.15, -0.1) is 0 Å². The summed E-state index contributed by atoms with van der Waals surface area (Å²) in [5.41, 5.74) is 4.03. The van der Waals surface area contributed by atoms with E-state index >= 15 is 0 Å². The Balaban J connectivity index is 1.21. The zero-order valence-corrected chi connectivity index (χ0v) is 17.6. The lowest BCUT2D eigenvalue weighted by molar-refractivity contribution is -0.120. The van der Waals surface area contributed by atoms with Crippen molar-refractivity contribution >= 4 is 28.7 Å². The minimum Gasteiger partial charge on any atom is -0.441 e. The van der Waals surface area contributed by atoms with E-state index in [1.165, 1.54) is 5.57 Å². The number of hydrogen-bond acceptors (Lipinski definition) is 4. The molecule has 32 heavy (non-hydrogen) atoms. The number of aromatic nitrogens is 3. The number of carbonyl (C=O) groups is 1. The van der Waals surface area contributed by atoms with E-state index in [-0.39, 0.29) is 11.8 Å². The van der Waals surface area contributed by atoms with E-state index in [1.54, 1.807) is 18.6 Å². The third-order valence-corrected chi connectivity index (χ3v) is 5.75. The smallest absolute Gasteiger partial charge is 0.227 e. The molecule has 0 atom stereocenters. The number of allylic oxidation sites excluding steroid dienone is 1. The minimum absolute atomic E-state index is 0.0395. The Morgan fingerprint density at radius 1 is 1.06 bits per heavy atom. The molecule has 0 saturated heterocycles. The number of anilines is 1. The van der Waals surface area contributed by atoms with Crippen LogP contribution in [0.2, 0.25) is 0 Å². The van der Waals surface area contributed by atoms with Crippen LogP contribution in [0.15, 0.2) is 78.8 Å². The van der Waals surface area contributed by atoms with Crippen molar-refractivity contribution < 1.29 is 9.53 Å². The van der Waals surface area contributed by atoms with Gasteiger partial charge in [-0.05, 0) is 67.6 Å². The number of H-pyrrole nitrogens is 1. The predicted octanol–water partition coefficient (Wildman–Crippen LogP) is 5.96. The fourth-order valence-corrected chi connectivity index (χ4v) is 4.09. The number of rotatable bonds is 5. The molecule has 3 aromatic heterocycles. The zero-order chi connectivity index (χ0) is 21.8. The summed E-state index contributed by atoms with van der Waals surface area (Å²) in [6.45, 7) is 0. The average molecular weight is 425 g/mol. The van der Waals surface area contributed by atoms with Crippen molar-refractivity contribution in [2.75, 3.05) is 5.32 Å². The number of pyridine rings is 2. The molecule has 0 radical (unpaired) electrons. The Morgan fingerprint density at radius 3 is 2.75 bits per heavy atom. The number of nitrogens with one attached hydrogen (secondary N) is 2. The topological polar surface area (TPSA) is 79.9 Å². The molecule has 1 aliphatic rings. The summed E-state index contributed by atoms with van der Waals surface area (Å²) in [7, 11) is 0. The number of benzene rings is 1. The second-order valence-corrected chi connectivity index (χ2v) is 8.06. The van der Waals surface area contributed by atoms with Crippen molar-refractivity contribution in [1.29, 1.82) is 0 Å². The third-order valence-electron chi connectivity index (χ3n) is 5.75. The molecule has 1 amide bonds. The predicted molar refractivity (Wildman–Crippen MR) is 125 cm³/mol. The summed E-state index contributed by atoms with van der Waals surface area (Å²) < 4.78 is 6.02. The summed E-state index contributed by atoms with van der Waals surface area (Å²) in [6, 6.07) is 17.6. The molecule has 1 aromatic carbocycles. The fraction of sp³-hybridized carbons (Fsp3) is 0.192. The van der Waals surface area contributed by atoms with Crippen LogP contribution in [0.3, 0.4) is 0 Å². The Hall–Kier alpha value is -3.93. The molecule has 1 fully saturated rings. The molecular formula is C26H24N4O2. The van der Waals surface area contributed by atoms with Gasteiger partial charge in [-0.25, -0.2) is 4.98 Å². The molecular weight excluding hydrogens is 400 g/mol. The highest BCUT2D eigenvalue weighted by Crippen LogP contribution is 2.31. The largest absolute Gasteiger partial charge is 0.441 e. The molecule has 4 aromatic rings. The van der Waals surface area contributed by atoms with Crippen LogP contribution in [-0.4, -0.2) is 20.9 Å². The van der Waals surface area contributed by atoms with Crippen molar-refractivity contribution in [2.24, 2.45) is 5.92 Å². The van der Waals surface area contributed by atoms with Gasteiger partial charge in [-0.3, -0.25) is 9.78 Å². The summed E-state index contributed by atoms with van der Waals surface area (Å²) >= 11 is 0. The van der Waals surface area contributed by atoms with Crippen LogP contribution < -0.4 is 10.1 Å². The van der Waals surface area contributed by atoms with Gasteiger partial charge in [0.1, 0.15) is 11.4 Å². The lowest BCUT2D eigenvalue weighted by atomic mass is 9.84. The van der Waals surface area contributed by atoms with E-state index in [2.05, 4.69) is 32.4 Å². The third kappa shape index (κ3) is 4.70. The van der Waals surface area contributed by atoms with Gasteiger partial charge in [0.15, 0.2) is 5.88 Å². The molecule has 6 nitrogen and oxygen atoms in total. The number of amides is 1. The fourth-order valence-electron chi connectivity index (χ4n) is 4.09. The maximum Gasteiger partial charge on any atom is 0.227 e. The standard InChI is InChI=1S/C26H24N4O2/c31-26(29-22-6-3-12-27-17-22)20-10-8-18(9-11-20)14-19-4-1-7-23(15-19)32-24-16-21-5-2-13-28-25(21)30-24/h1-7,12-17,20H,8-11H2,(H,28,30)(H,29,31). The molecule has 1 aliphatic carbocycles. The van der Waals surface area contributed by atoms with Crippen molar-refractivity contribution in [2.45, 2.75) is 25.7 Å². The monoisotopic (exact) mass is 424 g/mol. The van der Waals surface area contributed by atoms with E-state index in [1.807, 2.05) is 48.5 Å². The molecule has 0 spiro atoms. The van der Waals surface area contributed by atoms with Crippen LogP contribution in [0.5, 0.6) is 11.6 Å². The molecule has 1 saturated carbocycles. The van der Waals surface area contributed by atoms with Gasteiger partial charge in [0.25, 0.3) is 0 Å². The Bertz CT molecular complexity index is 1220. The summed E-state index contributed by atoms with van der Waals surface area (Å²) in [5, 5.41) is 3.99. The van der Waals surface area contributed by atoms with E-state index in [0.717, 1.165) is 53.7 Å². The van der Waals surface area contributed by atoms with Crippen LogP contribution in [0.4, 0.5) is 5.69 Å². The second-order valence-electron chi connectivity index (χ2n) is 8.06. The normalized spacial score (nSPS) is 16.0. The first kappa shape index (κ1) is 20.0. The Kier molecular flexibility index (Phi) is 5.66. The molecule has 160 valence electrons. The van der Waals surface area contributed by atoms with Crippen LogP contribution in [0.1, 0.15) is 31.2 Å². The van der Waals surface area contributed by atoms with E-state index in [0.29, 0.717) is 5.88 Å². The van der Waals surface area contributed by atoms with Crippen LogP contribution in [0, 0.1) is 5.92 Å². The first-order chi connectivity index (χ1) is 15.7. The van der Waals surface area contributed by atoms with Crippen molar-refractivity contribution in [3.8, 4) is 11.6 Å². The number of ether oxygens (including phenoxy) is 1. The van der Waals surface area contributed by atoms with Gasteiger partial charge < -0.3 is 15.0 Å². The van der Waals surface area contributed by atoms with Crippen LogP contribution >= 0.6 is 0 Å². The van der Waals surface area contributed by atoms with Gasteiger partial charge >= 0.3 is 0 Å². The van der Waals surface area contributed by atoms with Gasteiger partial charge in [0.05, 0.1) is 11.9 Å². The van der Waals surface area contributed by atoms with Gasteiger partial charge in [-0.2, -0.15) is 0 Å². The van der Waals surface area contributed by atoms with Crippen LogP contribution in [0.25, 0.3) is 17.1 Å². The maximum atomic E-state index is 12.5. The Labute approximate surface area is 186 Å². The second kappa shape index (κ2) is 9.06. The Morgan fingerprint density at radius 2 is 1.94 bits per heavy atom. The highest BCUT2D eigenvalue weighted by Gasteiger charge is 2.23. The molecule has 6 heteroatoms. The quantitative estimate of drug-likeness (QED) is 0.414. The van der Waals surface area contributed by atoms with Crippen molar-refractivity contribution in [3.63, 3.8) is 0 Å². The van der Waals surface area contributed by atoms with Crippen molar-refractivity contribution in [3.05, 3.63) is 84.3 Å². The van der Waals surface area contributed by atoms with Gasteiger partial charge in [0.2, 0.25) is 5.91 Å². The number of carbonyl (C=O) groups excluding carboxylic acids is 1. The first-order valence-corrected chi connectivity index (χ1v) is 10.8. The van der Waals surface area contributed by atoms with E-state index in [4.69, 9.17) is 4.74 Å². The highest BCUT2D eigenvalue weighted by atomic mass is 16.5. The van der Waals surface area contributed by atoms with E-state index in [9.17, 15) is 4.79 Å². The van der Waals surface area contributed by atoms with E-state index < -0.39 is 0 Å². The zero-order valence-electron chi connectivity index (χ0n) is 17.6. The number of hydrogen-bond donors (Lipinski definition) is 2.